The van der Waals surface area contributed by atoms with Crippen molar-refractivity contribution in [3.8, 4) is 0 Å². The highest BCUT2D eigenvalue weighted by atomic mass is 79.9. The maximum atomic E-state index is 3.61. The Morgan fingerprint density at radius 1 is 1.25 bits per heavy atom. The van der Waals surface area contributed by atoms with Gasteiger partial charge in [-0.15, -0.1) is 0 Å². The van der Waals surface area contributed by atoms with Crippen molar-refractivity contribution in [2.45, 2.75) is 39.7 Å². The summed E-state index contributed by atoms with van der Waals surface area (Å²) in [5.41, 5.74) is 1.40. The van der Waals surface area contributed by atoms with Gasteiger partial charge in [0.1, 0.15) is 0 Å². The summed E-state index contributed by atoms with van der Waals surface area (Å²) in [6.45, 7) is 7.78. The molecule has 0 aliphatic heterocycles. The predicted molar refractivity (Wildman–Crippen MR) is 74.8 cm³/mol. The van der Waals surface area contributed by atoms with E-state index in [1.807, 2.05) is 0 Å². The number of rotatable bonds is 6. The third kappa shape index (κ3) is 4.67. The van der Waals surface area contributed by atoms with Gasteiger partial charge in [0, 0.05) is 10.5 Å². The lowest BCUT2D eigenvalue weighted by atomic mass is 9.97. The van der Waals surface area contributed by atoms with E-state index >= 15 is 0 Å². The molecule has 0 aliphatic rings. The number of benzene rings is 1. The summed E-state index contributed by atoms with van der Waals surface area (Å²) in [4.78, 5) is 0. The second-order valence-corrected chi connectivity index (χ2v) is 5.53. The van der Waals surface area contributed by atoms with E-state index in [-0.39, 0.29) is 0 Å². The molecule has 1 atom stereocenters. The lowest BCUT2D eigenvalue weighted by molar-refractivity contribution is 0.423. The van der Waals surface area contributed by atoms with Gasteiger partial charge in [-0.2, -0.15) is 0 Å². The first kappa shape index (κ1) is 13.7. The topological polar surface area (TPSA) is 12.0 Å². The number of halogens is 1. The van der Waals surface area contributed by atoms with Crippen LogP contribution in [-0.2, 0) is 6.42 Å². The predicted octanol–water partition coefficient (Wildman–Crippen LogP) is 4.02. The van der Waals surface area contributed by atoms with Crippen molar-refractivity contribution in [3.05, 3.63) is 34.3 Å². The molecule has 16 heavy (non-hydrogen) atoms. The molecule has 0 radical (unpaired) electrons. The van der Waals surface area contributed by atoms with Crippen molar-refractivity contribution >= 4 is 15.9 Å². The highest BCUT2D eigenvalue weighted by molar-refractivity contribution is 9.10. The molecule has 1 rings (SSSR count). The van der Waals surface area contributed by atoms with Crippen molar-refractivity contribution < 1.29 is 0 Å². The number of hydrogen-bond donors (Lipinski definition) is 1. The molecule has 1 nitrogen and oxygen atoms in total. The molecular formula is C14H22BrN. The summed E-state index contributed by atoms with van der Waals surface area (Å²) >= 11 is 3.61. The van der Waals surface area contributed by atoms with Crippen LogP contribution in [0.4, 0.5) is 0 Å². The Morgan fingerprint density at radius 2 is 1.94 bits per heavy atom. The van der Waals surface area contributed by atoms with Crippen LogP contribution in [0.1, 0.15) is 32.8 Å². The molecule has 0 heterocycles. The summed E-state index contributed by atoms with van der Waals surface area (Å²) in [7, 11) is 0. The Hall–Kier alpha value is -0.340. The first-order valence-electron chi connectivity index (χ1n) is 6.10. The van der Waals surface area contributed by atoms with Crippen LogP contribution in [-0.4, -0.2) is 12.6 Å². The normalized spacial score (nSPS) is 13.1. The molecule has 0 aliphatic carbocycles. The van der Waals surface area contributed by atoms with Gasteiger partial charge in [0.15, 0.2) is 0 Å². The highest BCUT2D eigenvalue weighted by Gasteiger charge is 2.11. The minimum Gasteiger partial charge on any atom is -0.314 e. The van der Waals surface area contributed by atoms with Gasteiger partial charge < -0.3 is 5.32 Å². The van der Waals surface area contributed by atoms with Crippen molar-refractivity contribution in [3.63, 3.8) is 0 Å². The summed E-state index contributed by atoms with van der Waals surface area (Å²) < 4.78 is 1.22. The van der Waals surface area contributed by atoms with Crippen LogP contribution in [0.3, 0.4) is 0 Å². The second-order valence-electron chi connectivity index (χ2n) is 4.68. The van der Waals surface area contributed by atoms with Crippen LogP contribution >= 0.6 is 15.9 Å². The van der Waals surface area contributed by atoms with Gasteiger partial charge in [0.2, 0.25) is 0 Å². The molecule has 0 aromatic heterocycles. The Labute approximate surface area is 108 Å². The van der Waals surface area contributed by atoms with Gasteiger partial charge in [0.25, 0.3) is 0 Å². The van der Waals surface area contributed by atoms with Crippen LogP contribution < -0.4 is 5.32 Å². The number of hydrogen-bond acceptors (Lipinski definition) is 1. The Bertz CT molecular complexity index is 309. The van der Waals surface area contributed by atoms with Crippen LogP contribution in [0.5, 0.6) is 0 Å². The first-order chi connectivity index (χ1) is 7.63. The maximum Gasteiger partial charge on any atom is 0.0207 e. The standard InChI is InChI=1S/C14H22BrN/c1-4-16-13(9-11(2)3)10-12-7-5-6-8-14(12)15/h5-8,11,13,16H,4,9-10H2,1-3H3. The van der Waals surface area contributed by atoms with Gasteiger partial charge in [-0.05, 0) is 36.9 Å². The Morgan fingerprint density at radius 3 is 2.50 bits per heavy atom. The minimum atomic E-state index is 0.587. The molecule has 1 aromatic carbocycles. The molecule has 2 heteroatoms. The van der Waals surface area contributed by atoms with E-state index in [1.165, 1.54) is 16.5 Å². The van der Waals surface area contributed by atoms with E-state index < -0.39 is 0 Å². The summed E-state index contributed by atoms with van der Waals surface area (Å²) in [6.07, 6.45) is 2.34. The van der Waals surface area contributed by atoms with E-state index in [4.69, 9.17) is 0 Å². The van der Waals surface area contributed by atoms with Crippen molar-refractivity contribution in [1.29, 1.82) is 0 Å². The molecule has 0 bridgehead atoms. The molecule has 1 aromatic rings. The van der Waals surface area contributed by atoms with Crippen LogP contribution in [0.2, 0.25) is 0 Å². The lowest BCUT2D eigenvalue weighted by Gasteiger charge is -2.20. The Balaban J connectivity index is 2.64. The SMILES string of the molecule is CCNC(Cc1ccccc1Br)CC(C)C. The molecule has 0 amide bonds. The summed E-state index contributed by atoms with van der Waals surface area (Å²) in [5, 5.41) is 3.57. The average molecular weight is 284 g/mol. The summed E-state index contributed by atoms with van der Waals surface area (Å²) in [5.74, 6) is 0.742. The highest BCUT2D eigenvalue weighted by Crippen LogP contribution is 2.19. The smallest absolute Gasteiger partial charge is 0.0207 e. The summed E-state index contributed by atoms with van der Waals surface area (Å²) in [6, 6.07) is 9.09. The molecular weight excluding hydrogens is 262 g/mol. The fraction of sp³-hybridized carbons (Fsp3) is 0.571. The monoisotopic (exact) mass is 283 g/mol. The lowest BCUT2D eigenvalue weighted by Crippen LogP contribution is -2.32. The first-order valence-corrected chi connectivity index (χ1v) is 6.89. The third-order valence-corrected chi connectivity index (χ3v) is 3.45. The fourth-order valence-corrected chi connectivity index (χ4v) is 2.47. The second kappa shape index (κ2) is 7.08. The zero-order valence-corrected chi connectivity index (χ0v) is 12.0. The van der Waals surface area contributed by atoms with Gasteiger partial charge >= 0.3 is 0 Å². The minimum absolute atomic E-state index is 0.587. The quantitative estimate of drug-likeness (QED) is 0.832. The molecule has 0 saturated heterocycles. The largest absolute Gasteiger partial charge is 0.314 e. The van der Waals surface area contributed by atoms with E-state index in [9.17, 15) is 0 Å². The van der Waals surface area contributed by atoms with Gasteiger partial charge in [0.05, 0.1) is 0 Å². The molecule has 90 valence electrons. The molecule has 0 saturated carbocycles. The number of likely N-dealkylation sites (N-methyl/N-ethyl adjacent to an activating group) is 1. The fourth-order valence-electron chi connectivity index (χ4n) is 2.03. The average Bonchev–Trinajstić information content (AvgIpc) is 2.21. The zero-order chi connectivity index (χ0) is 12.0. The van der Waals surface area contributed by atoms with Gasteiger partial charge in [-0.1, -0.05) is 54.9 Å². The third-order valence-electron chi connectivity index (χ3n) is 2.67. The zero-order valence-electron chi connectivity index (χ0n) is 10.5. The van der Waals surface area contributed by atoms with Crippen molar-refractivity contribution in [2.24, 2.45) is 5.92 Å². The van der Waals surface area contributed by atoms with Gasteiger partial charge in [-0.3, -0.25) is 0 Å². The Kier molecular flexibility index (Phi) is 6.07. The molecule has 0 spiro atoms. The molecule has 1 N–H and O–H groups in total. The van der Waals surface area contributed by atoms with Crippen LogP contribution in [0.25, 0.3) is 0 Å². The van der Waals surface area contributed by atoms with Crippen LogP contribution in [0, 0.1) is 5.92 Å². The van der Waals surface area contributed by atoms with Crippen molar-refractivity contribution in [1.82, 2.24) is 5.32 Å². The van der Waals surface area contributed by atoms with Crippen LogP contribution in [0.15, 0.2) is 28.7 Å². The maximum absolute atomic E-state index is 3.61. The van der Waals surface area contributed by atoms with E-state index in [0.717, 1.165) is 18.9 Å². The van der Waals surface area contributed by atoms with E-state index in [0.29, 0.717) is 6.04 Å². The van der Waals surface area contributed by atoms with Crippen molar-refractivity contribution in [2.75, 3.05) is 6.54 Å². The molecule has 1 unspecified atom stereocenters. The van der Waals surface area contributed by atoms with E-state index in [1.54, 1.807) is 0 Å². The number of nitrogens with one attached hydrogen (secondary N) is 1. The molecule has 0 fully saturated rings. The van der Waals surface area contributed by atoms with Gasteiger partial charge in [-0.25, -0.2) is 0 Å². The van der Waals surface area contributed by atoms with E-state index in [2.05, 4.69) is 66.3 Å².